The minimum atomic E-state index is -0.579. The number of hydrogen-bond donors (Lipinski definition) is 0. The van der Waals surface area contributed by atoms with Crippen molar-refractivity contribution in [3.05, 3.63) is 143 Å². The van der Waals surface area contributed by atoms with Crippen LogP contribution in [-0.2, 0) is 50.1 Å². The molecule has 8 aromatic rings. The second-order valence-corrected chi connectivity index (χ2v) is 24.1. The number of allylic oxidation sites excluding steroid dienone is 4. The number of rotatable bonds is 4. The highest BCUT2D eigenvalue weighted by Gasteiger charge is 2.39. The zero-order chi connectivity index (χ0) is 58.7. The highest BCUT2D eigenvalue weighted by molar-refractivity contribution is 6.62. The van der Waals surface area contributed by atoms with Gasteiger partial charge in [0, 0.05) is 117 Å². The van der Waals surface area contributed by atoms with Crippen molar-refractivity contribution in [2.24, 2.45) is 0 Å². The van der Waals surface area contributed by atoms with Gasteiger partial charge < -0.3 is 33.5 Å². The molecule has 0 spiro atoms. The van der Waals surface area contributed by atoms with Gasteiger partial charge in [0.2, 0.25) is 0 Å². The number of piperidine rings is 2. The molecule has 18 nitrogen and oxygen atoms in total. The van der Waals surface area contributed by atoms with Crippen molar-refractivity contribution in [2.45, 2.75) is 118 Å². The number of Topliss-reactive ketones (excluding diaryl/α,β-unsaturated/α-hetero) is 4. The van der Waals surface area contributed by atoms with Crippen LogP contribution in [0.2, 0.25) is 0 Å². The summed E-state index contributed by atoms with van der Waals surface area (Å²) < 4.78 is 13.6. The van der Waals surface area contributed by atoms with E-state index in [1.54, 1.807) is 22.2 Å². The topological polar surface area (TPSA) is 186 Å². The normalized spacial score (nSPS) is 17.5. The summed E-state index contributed by atoms with van der Waals surface area (Å²) in [5.41, 5.74) is 11.6. The zero-order valence-corrected chi connectivity index (χ0v) is 48.8. The summed E-state index contributed by atoms with van der Waals surface area (Å²) in [7, 11) is 0. The van der Waals surface area contributed by atoms with Crippen molar-refractivity contribution in [3.63, 3.8) is 0 Å². The maximum atomic E-state index is 13.4. The van der Waals surface area contributed by atoms with E-state index in [0.717, 1.165) is 113 Å². The van der Waals surface area contributed by atoms with E-state index >= 15 is 0 Å². The van der Waals surface area contributed by atoms with Crippen molar-refractivity contribution in [1.29, 1.82) is 0 Å². The summed E-state index contributed by atoms with van der Waals surface area (Å²) in [5.74, 6) is -0.699. The van der Waals surface area contributed by atoms with E-state index in [-0.39, 0.29) is 53.5 Å². The number of urea groups is 1. The summed E-state index contributed by atoms with van der Waals surface area (Å²) in [6.07, 6.45) is 17.2. The van der Waals surface area contributed by atoms with Crippen LogP contribution in [0.5, 0.6) is 0 Å². The fourth-order valence-corrected chi connectivity index (χ4v) is 13.1. The zero-order valence-electron chi connectivity index (χ0n) is 48.1. The molecule has 4 amide bonds. The Bertz CT molecular complexity index is 4120. The van der Waals surface area contributed by atoms with Gasteiger partial charge in [-0.25, -0.2) is 19.6 Å². The van der Waals surface area contributed by atoms with E-state index in [4.69, 9.17) is 16.3 Å². The molecule has 84 heavy (non-hydrogen) atoms. The van der Waals surface area contributed by atoms with Crippen LogP contribution in [0, 0.1) is 13.8 Å². The van der Waals surface area contributed by atoms with Gasteiger partial charge in [0.1, 0.15) is 16.9 Å². The number of ketones is 4. The van der Waals surface area contributed by atoms with E-state index in [1.807, 2.05) is 114 Å². The molecule has 432 valence electrons. The Morgan fingerprint density at radius 2 is 0.964 bits per heavy atom. The van der Waals surface area contributed by atoms with Crippen LogP contribution in [0.25, 0.3) is 55.4 Å². The second kappa shape index (κ2) is 22.5. The van der Waals surface area contributed by atoms with Crippen molar-refractivity contribution >= 4 is 108 Å². The SMILES string of the molecule is Cc1cc2c3c(c1)c(C1=C(c4cnc5ccccn45)C(=O)CC1=O)cn3CCN(C(=O)N1CCCCC1)C2.Cc1cc2c3c(c1)c(C1=C(c4cnc5ccccn45)C(=O)CC1=O)cn3CCN(C(=O)OC(C)(C)C)C2.O=C(Cl)N1CCCCC1. The van der Waals surface area contributed by atoms with Gasteiger partial charge in [-0.1, -0.05) is 35.4 Å². The first kappa shape index (κ1) is 55.9. The first-order valence-electron chi connectivity index (χ1n) is 29.1. The number of hydrogen-bond acceptors (Lipinski definition) is 10. The Morgan fingerprint density at radius 3 is 1.42 bits per heavy atom. The highest BCUT2D eigenvalue weighted by Crippen LogP contribution is 2.43. The maximum Gasteiger partial charge on any atom is 0.410 e. The number of fused-ring (bicyclic) bond motifs is 2. The summed E-state index contributed by atoms with van der Waals surface area (Å²) in [6.45, 7) is 16.2. The molecule has 0 unspecified atom stereocenters. The van der Waals surface area contributed by atoms with E-state index in [1.165, 1.54) is 12.8 Å². The molecule has 14 rings (SSSR count). The van der Waals surface area contributed by atoms with Crippen molar-refractivity contribution in [1.82, 2.24) is 47.5 Å². The molecule has 6 aromatic heterocycles. The Labute approximate surface area is 490 Å². The number of aryl methyl sites for hydroxylation is 2. The molecule has 0 N–H and O–H groups in total. The lowest BCUT2D eigenvalue weighted by molar-refractivity contribution is -0.121. The van der Waals surface area contributed by atoms with Crippen LogP contribution in [0.3, 0.4) is 0 Å². The molecule has 0 atom stereocenters. The van der Waals surface area contributed by atoms with E-state index in [0.29, 0.717) is 78.6 Å². The van der Waals surface area contributed by atoms with Crippen LogP contribution in [0.4, 0.5) is 14.4 Å². The average molecular weight is 1150 g/mol. The largest absolute Gasteiger partial charge is 0.444 e. The lowest BCUT2D eigenvalue weighted by Gasteiger charge is -2.32. The molecule has 2 aliphatic carbocycles. The summed E-state index contributed by atoms with van der Waals surface area (Å²) in [4.78, 5) is 106. The molecule has 10 heterocycles. The average Bonchev–Trinajstić information content (AvgIpc) is 4.48. The summed E-state index contributed by atoms with van der Waals surface area (Å²) in [5, 5.41) is 1.57. The minimum Gasteiger partial charge on any atom is -0.444 e. The molecule has 19 heteroatoms. The number of carbonyl (C=O) groups excluding carboxylic acids is 7. The number of ether oxygens (including phenoxy) is 1. The van der Waals surface area contributed by atoms with Crippen LogP contribution in [-0.4, -0.2) is 133 Å². The minimum absolute atomic E-state index is 0.111. The molecular weight excluding hydrogens is 1080 g/mol. The standard InChI is InChI=1S/C30H29N5O3.C29H28N4O4.C6H10ClNO/c1-19-13-20-17-34(30(38)32-8-4-2-5-9-32)12-11-33-18-22(21(14-19)29(20)33)27-24(36)15-25(37)28(27)23-16-31-26-7-3-6-10-35(23)26;1-17-11-18-15-32(28(36)37-29(2,3)4)10-9-31-16-20(19(12-17)27(18)31)25-22(34)13-23(35)26(25)21-14-30-24-7-5-6-8-33(21)24;7-6(9)8-4-2-1-3-5-8/h3,6-7,10,13-14,16,18H,2,4-5,8-9,11-12,15,17H2,1H3;5-8,11-12,14,16H,9-10,13,15H2,1-4H3;1-5H2. The van der Waals surface area contributed by atoms with Gasteiger partial charge in [-0.05, 0) is 132 Å². The molecule has 0 saturated carbocycles. The van der Waals surface area contributed by atoms with Gasteiger partial charge in [0.05, 0.1) is 65.3 Å². The van der Waals surface area contributed by atoms with Crippen LogP contribution in [0.1, 0.15) is 117 Å². The third-order valence-corrected chi connectivity index (χ3v) is 16.9. The van der Waals surface area contributed by atoms with Crippen LogP contribution in [0.15, 0.2) is 97.8 Å². The van der Waals surface area contributed by atoms with E-state index in [2.05, 4.69) is 43.4 Å². The number of imidazole rings is 2. The van der Waals surface area contributed by atoms with Crippen molar-refractivity contribution in [3.8, 4) is 0 Å². The Kier molecular flexibility index (Phi) is 15.0. The number of nitrogens with zero attached hydrogens (tertiary/aromatic N) is 10. The summed E-state index contributed by atoms with van der Waals surface area (Å²) >= 11 is 5.24. The second-order valence-electron chi connectivity index (χ2n) is 23.8. The van der Waals surface area contributed by atoms with Gasteiger partial charge in [0.25, 0.3) is 0 Å². The van der Waals surface area contributed by atoms with Gasteiger partial charge in [-0.15, -0.1) is 0 Å². The van der Waals surface area contributed by atoms with Crippen LogP contribution >= 0.6 is 11.6 Å². The highest BCUT2D eigenvalue weighted by atomic mass is 35.5. The molecule has 2 aromatic carbocycles. The maximum absolute atomic E-state index is 13.4. The number of benzene rings is 2. The number of halogens is 1. The number of aromatic nitrogens is 6. The predicted octanol–water partition coefficient (Wildman–Crippen LogP) is 11.1. The monoisotopic (exact) mass is 1150 g/mol. The van der Waals surface area contributed by atoms with Gasteiger partial charge in [-0.2, -0.15) is 0 Å². The van der Waals surface area contributed by atoms with Gasteiger partial charge >= 0.3 is 17.5 Å². The number of likely N-dealkylation sites (tertiary alicyclic amines) is 2. The molecule has 0 bridgehead atoms. The van der Waals surface area contributed by atoms with Gasteiger partial charge in [0.15, 0.2) is 23.1 Å². The number of carbonyl (C=O) groups is 7. The number of amides is 4. The Hall–Kier alpha value is -8.64. The lowest BCUT2D eigenvalue weighted by Crippen LogP contribution is -2.45. The van der Waals surface area contributed by atoms with Crippen molar-refractivity contribution < 1.29 is 38.3 Å². The molecule has 4 aliphatic heterocycles. The van der Waals surface area contributed by atoms with E-state index in [9.17, 15) is 33.6 Å². The first-order valence-corrected chi connectivity index (χ1v) is 29.5. The number of pyridine rings is 2. The first-order chi connectivity index (χ1) is 40.4. The molecule has 2 fully saturated rings. The predicted molar refractivity (Wildman–Crippen MR) is 321 cm³/mol. The Balaban J connectivity index is 0.000000144. The quantitative estimate of drug-likeness (QED) is 0.0932. The molecular formula is C65H67ClN10O8. The van der Waals surface area contributed by atoms with Crippen molar-refractivity contribution in [2.75, 3.05) is 39.3 Å². The molecule has 0 radical (unpaired) electrons. The fourth-order valence-electron chi connectivity index (χ4n) is 12.9. The lowest BCUT2D eigenvalue weighted by atomic mass is 9.96. The van der Waals surface area contributed by atoms with E-state index < -0.39 is 5.60 Å². The molecule has 2 saturated heterocycles. The Morgan fingerprint density at radius 1 is 0.524 bits per heavy atom. The van der Waals surface area contributed by atoms with Crippen LogP contribution < -0.4 is 0 Å². The summed E-state index contributed by atoms with van der Waals surface area (Å²) in [6, 6.07) is 19.8. The third kappa shape index (κ3) is 10.6. The smallest absolute Gasteiger partial charge is 0.410 e. The molecule has 6 aliphatic rings. The van der Waals surface area contributed by atoms with Gasteiger partial charge in [-0.3, -0.25) is 32.8 Å². The fraction of sp³-hybridized carbons (Fsp3) is 0.369. The third-order valence-electron chi connectivity index (χ3n) is 16.6.